The summed E-state index contributed by atoms with van der Waals surface area (Å²) >= 11 is 0. The average molecular weight is 257 g/mol. The normalized spacial score (nSPS) is 18.9. The predicted molar refractivity (Wildman–Crippen MR) is 71.8 cm³/mol. The van der Waals surface area contributed by atoms with Crippen molar-refractivity contribution in [2.45, 2.75) is 13.0 Å². The van der Waals surface area contributed by atoms with Crippen LogP contribution >= 0.6 is 0 Å². The first-order chi connectivity index (χ1) is 9.15. The highest BCUT2D eigenvalue weighted by Gasteiger charge is 2.31. The fourth-order valence-corrected chi connectivity index (χ4v) is 2.55. The fraction of sp³-hybridized carbons (Fsp3) is 0.286. The lowest BCUT2D eigenvalue weighted by Gasteiger charge is -2.11. The number of benzene rings is 1. The number of Topliss-reactive ketones (excluding diaryl/α,β-unsaturated/α-hetero) is 1. The first-order valence-electron chi connectivity index (χ1n) is 6.26. The highest BCUT2D eigenvalue weighted by atomic mass is 16.2. The first-order valence-corrected chi connectivity index (χ1v) is 6.26. The minimum Gasteiger partial charge on any atom is -0.361 e. The van der Waals surface area contributed by atoms with Crippen LogP contribution in [-0.2, 0) is 4.79 Å². The van der Waals surface area contributed by atoms with Gasteiger partial charge in [0.1, 0.15) is 5.78 Å². The van der Waals surface area contributed by atoms with Crippen molar-refractivity contribution < 1.29 is 9.59 Å². The number of hydrogen-bond donors (Lipinski definition) is 2. The number of para-hydroxylation sites is 1. The van der Waals surface area contributed by atoms with Crippen molar-refractivity contribution in [3.8, 4) is 0 Å². The third-order valence-electron chi connectivity index (χ3n) is 3.40. The third-order valence-corrected chi connectivity index (χ3v) is 3.40. The molecular formula is C14H15N3O2. The SMILES string of the molecule is CC(=O)CN1CC(c2c[nH]c3ccccc23)NC1=O. The van der Waals surface area contributed by atoms with E-state index < -0.39 is 0 Å². The molecule has 2 amide bonds. The van der Waals surface area contributed by atoms with Crippen molar-refractivity contribution in [1.29, 1.82) is 0 Å². The molecule has 1 saturated heterocycles. The van der Waals surface area contributed by atoms with Crippen LogP contribution in [0.1, 0.15) is 18.5 Å². The zero-order valence-corrected chi connectivity index (χ0v) is 10.6. The summed E-state index contributed by atoms with van der Waals surface area (Å²) in [6, 6.07) is 7.74. The molecule has 2 aromatic rings. The van der Waals surface area contributed by atoms with Crippen LogP contribution < -0.4 is 5.32 Å². The number of urea groups is 1. The standard InChI is InChI=1S/C14H15N3O2/c1-9(18)7-17-8-13(16-14(17)19)11-6-15-12-5-3-2-4-10(11)12/h2-6,13,15H,7-8H2,1H3,(H,16,19). The Bertz CT molecular complexity index is 647. The van der Waals surface area contributed by atoms with Gasteiger partial charge in [-0.3, -0.25) is 4.79 Å². The molecule has 1 fully saturated rings. The van der Waals surface area contributed by atoms with E-state index in [1.807, 2.05) is 30.5 Å². The van der Waals surface area contributed by atoms with Crippen molar-refractivity contribution in [1.82, 2.24) is 15.2 Å². The number of carbonyl (C=O) groups excluding carboxylic acids is 2. The Morgan fingerprint density at radius 2 is 2.21 bits per heavy atom. The summed E-state index contributed by atoms with van der Waals surface area (Å²) < 4.78 is 0. The van der Waals surface area contributed by atoms with E-state index in [2.05, 4.69) is 10.3 Å². The summed E-state index contributed by atoms with van der Waals surface area (Å²) in [5, 5.41) is 4.03. The van der Waals surface area contributed by atoms with E-state index in [1.54, 1.807) is 4.90 Å². The van der Waals surface area contributed by atoms with Gasteiger partial charge in [0, 0.05) is 29.2 Å². The van der Waals surface area contributed by atoms with Crippen LogP contribution in [-0.4, -0.2) is 34.8 Å². The molecule has 2 heterocycles. The highest BCUT2D eigenvalue weighted by Crippen LogP contribution is 2.27. The number of aromatic nitrogens is 1. The Balaban J connectivity index is 1.88. The molecule has 1 unspecified atom stereocenters. The first kappa shape index (κ1) is 11.8. The Labute approximate surface area is 110 Å². The Morgan fingerprint density at radius 1 is 1.42 bits per heavy atom. The largest absolute Gasteiger partial charge is 0.361 e. The number of H-pyrrole nitrogens is 1. The van der Waals surface area contributed by atoms with Gasteiger partial charge in [-0.1, -0.05) is 18.2 Å². The molecule has 1 aromatic carbocycles. The lowest BCUT2D eigenvalue weighted by Crippen LogP contribution is -2.32. The second kappa shape index (κ2) is 4.42. The van der Waals surface area contributed by atoms with E-state index in [1.165, 1.54) is 6.92 Å². The van der Waals surface area contributed by atoms with Gasteiger partial charge in [-0.2, -0.15) is 0 Å². The maximum atomic E-state index is 11.8. The van der Waals surface area contributed by atoms with Crippen LogP contribution in [0.5, 0.6) is 0 Å². The molecule has 1 atom stereocenters. The molecule has 5 heteroatoms. The van der Waals surface area contributed by atoms with Gasteiger partial charge in [-0.05, 0) is 13.0 Å². The quantitative estimate of drug-likeness (QED) is 0.881. The number of amides is 2. The molecule has 19 heavy (non-hydrogen) atoms. The molecule has 3 rings (SSSR count). The summed E-state index contributed by atoms with van der Waals surface area (Å²) in [6.07, 6.45) is 1.92. The Kier molecular flexibility index (Phi) is 2.74. The van der Waals surface area contributed by atoms with Gasteiger partial charge in [0.05, 0.1) is 12.6 Å². The van der Waals surface area contributed by atoms with Crippen molar-refractivity contribution in [2.24, 2.45) is 0 Å². The molecule has 98 valence electrons. The number of aromatic amines is 1. The molecule has 2 N–H and O–H groups in total. The summed E-state index contributed by atoms with van der Waals surface area (Å²) in [4.78, 5) is 27.7. The maximum Gasteiger partial charge on any atom is 0.318 e. The van der Waals surface area contributed by atoms with Crippen LogP contribution in [0.2, 0.25) is 0 Å². The van der Waals surface area contributed by atoms with Crippen LogP contribution in [0.25, 0.3) is 10.9 Å². The van der Waals surface area contributed by atoms with Crippen LogP contribution in [0, 0.1) is 0 Å². The maximum absolute atomic E-state index is 11.8. The number of nitrogens with zero attached hydrogens (tertiary/aromatic N) is 1. The van der Waals surface area contributed by atoms with Gasteiger partial charge in [0.2, 0.25) is 0 Å². The number of fused-ring (bicyclic) bond motifs is 1. The molecule has 0 bridgehead atoms. The minimum atomic E-state index is -0.175. The molecule has 1 aliphatic heterocycles. The molecule has 0 radical (unpaired) electrons. The molecule has 1 aliphatic rings. The van der Waals surface area contributed by atoms with E-state index >= 15 is 0 Å². The summed E-state index contributed by atoms with van der Waals surface area (Å²) in [5.41, 5.74) is 2.12. The molecule has 5 nitrogen and oxygen atoms in total. The molecule has 1 aromatic heterocycles. The highest BCUT2D eigenvalue weighted by molar-refractivity contribution is 5.88. The Morgan fingerprint density at radius 3 is 3.00 bits per heavy atom. The van der Waals surface area contributed by atoms with Crippen LogP contribution in [0.4, 0.5) is 4.79 Å². The van der Waals surface area contributed by atoms with Crippen LogP contribution in [0.3, 0.4) is 0 Å². The zero-order valence-electron chi connectivity index (χ0n) is 10.6. The summed E-state index contributed by atoms with van der Waals surface area (Å²) in [7, 11) is 0. The topological polar surface area (TPSA) is 65.2 Å². The minimum absolute atomic E-state index is 0.00488. The van der Waals surface area contributed by atoms with E-state index in [0.29, 0.717) is 6.54 Å². The molecule has 0 aliphatic carbocycles. The van der Waals surface area contributed by atoms with Gasteiger partial charge in [0.25, 0.3) is 0 Å². The molecular weight excluding hydrogens is 242 g/mol. The fourth-order valence-electron chi connectivity index (χ4n) is 2.55. The molecule has 0 spiro atoms. The van der Waals surface area contributed by atoms with Gasteiger partial charge in [-0.15, -0.1) is 0 Å². The third kappa shape index (κ3) is 2.07. The monoisotopic (exact) mass is 257 g/mol. The second-order valence-corrected chi connectivity index (χ2v) is 4.87. The van der Waals surface area contributed by atoms with E-state index in [0.717, 1.165) is 16.5 Å². The number of ketones is 1. The number of hydrogen-bond acceptors (Lipinski definition) is 2. The second-order valence-electron chi connectivity index (χ2n) is 4.87. The van der Waals surface area contributed by atoms with Gasteiger partial charge >= 0.3 is 6.03 Å². The lowest BCUT2D eigenvalue weighted by atomic mass is 10.1. The Hall–Kier alpha value is -2.30. The smallest absolute Gasteiger partial charge is 0.318 e. The van der Waals surface area contributed by atoms with E-state index in [9.17, 15) is 9.59 Å². The summed E-state index contributed by atoms with van der Waals surface area (Å²) in [5.74, 6) is -0.00488. The molecule has 0 saturated carbocycles. The van der Waals surface area contributed by atoms with Crippen LogP contribution in [0.15, 0.2) is 30.5 Å². The zero-order chi connectivity index (χ0) is 13.4. The van der Waals surface area contributed by atoms with Gasteiger partial charge < -0.3 is 15.2 Å². The lowest BCUT2D eigenvalue weighted by molar-refractivity contribution is -0.117. The van der Waals surface area contributed by atoms with Gasteiger partial charge in [-0.25, -0.2) is 4.79 Å². The van der Waals surface area contributed by atoms with Crippen molar-refractivity contribution in [3.05, 3.63) is 36.0 Å². The average Bonchev–Trinajstić information content (AvgIpc) is 2.93. The van der Waals surface area contributed by atoms with Crippen molar-refractivity contribution in [3.63, 3.8) is 0 Å². The van der Waals surface area contributed by atoms with E-state index in [4.69, 9.17) is 0 Å². The number of nitrogens with one attached hydrogen (secondary N) is 2. The number of rotatable bonds is 3. The summed E-state index contributed by atoms with van der Waals surface area (Å²) in [6.45, 7) is 2.19. The van der Waals surface area contributed by atoms with Crippen molar-refractivity contribution in [2.75, 3.05) is 13.1 Å². The van der Waals surface area contributed by atoms with Crippen molar-refractivity contribution >= 4 is 22.7 Å². The van der Waals surface area contributed by atoms with Gasteiger partial charge in [0.15, 0.2) is 0 Å². The van der Waals surface area contributed by atoms with E-state index in [-0.39, 0.29) is 24.4 Å². The number of carbonyl (C=O) groups is 2. The predicted octanol–water partition coefficient (Wildman–Crippen LogP) is 1.82.